The van der Waals surface area contributed by atoms with E-state index < -0.39 is 12.1 Å². The lowest BCUT2D eigenvalue weighted by atomic mass is 10.0. The van der Waals surface area contributed by atoms with Crippen LogP contribution in [0.3, 0.4) is 0 Å². The van der Waals surface area contributed by atoms with E-state index >= 15 is 0 Å². The Balaban J connectivity index is 3.40. The fourth-order valence-electron chi connectivity index (χ4n) is 11.2. The van der Waals surface area contributed by atoms with Crippen molar-refractivity contribution in [1.29, 1.82) is 0 Å². The summed E-state index contributed by atoms with van der Waals surface area (Å²) in [6, 6.07) is -0.628. The third-order valence-electron chi connectivity index (χ3n) is 16.8. The quantitative estimate of drug-likeness (QED) is 0.0320. The summed E-state index contributed by atoms with van der Waals surface area (Å²) in [7, 11) is 0. The van der Waals surface area contributed by atoms with Crippen molar-refractivity contribution in [3.63, 3.8) is 0 Å². The summed E-state index contributed by atoms with van der Waals surface area (Å²) in [6.45, 7) is 4.89. The van der Waals surface area contributed by atoms with Gasteiger partial charge in [0.05, 0.1) is 25.4 Å². The third kappa shape index (κ3) is 66.8. The van der Waals surface area contributed by atoms with Crippen LogP contribution in [-0.2, 0) is 14.3 Å². The number of unbranched alkanes of at least 4 members (excludes halogenated alkanes) is 51. The van der Waals surface area contributed by atoms with Crippen LogP contribution < -0.4 is 5.32 Å². The van der Waals surface area contributed by atoms with Gasteiger partial charge in [0.2, 0.25) is 5.91 Å². The molecule has 0 aromatic carbocycles. The maximum Gasteiger partial charge on any atom is 0.305 e. The first-order valence-electron chi connectivity index (χ1n) is 36.4. The lowest BCUT2D eigenvalue weighted by Gasteiger charge is -2.20. The van der Waals surface area contributed by atoms with Gasteiger partial charge in [-0.1, -0.05) is 345 Å². The SMILES string of the molecule is CCCC/C=C\C/C=C\CCCCCCCC(=O)OCCCCCCCCCCCCCC/C=C\CCCCCCCCCCCCCCCCC(=O)NC(CO)C(O)/C=C/CCCCCCCCCCCCCCCCCCCC. The van der Waals surface area contributed by atoms with Crippen LogP contribution in [0.5, 0.6) is 0 Å². The van der Waals surface area contributed by atoms with Crippen LogP contribution >= 0.6 is 0 Å². The molecule has 0 bridgehead atoms. The van der Waals surface area contributed by atoms with Gasteiger partial charge in [0, 0.05) is 12.8 Å². The van der Waals surface area contributed by atoms with Gasteiger partial charge >= 0.3 is 5.97 Å². The van der Waals surface area contributed by atoms with Gasteiger partial charge < -0.3 is 20.3 Å². The van der Waals surface area contributed by atoms with Crippen molar-refractivity contribution < 1.29 is 24.5 Å². The zero-order valence-electron chi connectivity index (χ0n) is 54.5. The van der Waals surface area contributed by atoms with E-state index in [1.165, 1.54) is 315 Å². The molecular weight excluding hydrogens is 995 g/mol. The lowest BCUT2D eigenvalue weighted by molar-refractivity contribution is -0.143. The molecule has 0 aliphatic rings. The first-order chi connectivity index (χ1) is 40.0. The Hall–Kier alpha value is -2.18. The summed E-state index contributed by atoms with van der Waals surface area (Å²) in [6.07, 6.45) is 92.0. The Kier molecular flexibility index (Phi) is 68.4. The van der Waals surface area contributed by atoms with Gasteiger partial charge in [-0.25, -0.2) is 0 Å². The Morgan fingerprint density at radius 3 is 0.988 bits per heavy atom. The number of hydrogen-bond acceptors (Lipinski definition) is 5. The van der Waals surface area contributed by atoms with Crippen LogP contribution in [-0.4, -0.2) is 47.4 Å². The highest BCUT2D eigenvalue weighted by Crippen LogP contribution is 2.18. The van der Waals surface area contributed by atoms with Gasteiger partial charge in [-0.3, -0.25) is 9.59 Å². The second-order valence-electron chi connectivity index (χ2n) is 24.9. The summed E-state index contributed by atoms with van der Waals surface area (Å²) in [5.41, 5.74) is 0. The molecule has 6 heteroatoms. The number of nitrogens with one attached hydrogen (secondary N) is 1. The van der Waals surface area contributed by atoms with Crippen molar-refractivity contribution in [3.8, 4) is 0 Å². The topological polar surface area (TPSA) is 95.9 Å². The van der Waals surface area contributed by atoms with Crippen molar-refractivity contribution in [3.05, 3.63) is 48.6 Å². The first kappa shape index (κ1) is 78.8. The fourth-order valence-corrected chi connectivity index (χ4v) is 11.2. The molecule has 0 aliphatic carbocycles. The number of hydrogen-bond donors (Lipinski definition) is 3. The summed E-state index contributed by atoms with van der Waals surface area (Å²) in [4.78, 5) is 24.6. The minimum atomic E-state index is -0.845. The van der Waals surface area contributed by atoms with Crippen LogP contribution in [0.15, 0.2) is 48.6 Å². The molecule has 0 radical (unpaired) electrons. The normalized spacial score (nSPS) is 12.8. The number of amides is 1. The van der Waals surface area contributed by atoms with E-state index in [0.29, 0.717) is 19.4 Å². The summed E-state index contributed by atoms with van der Waals surface area (Å²) >= 11 is 0. The van der Waals surface area contributed by atoms with E-state index in [-0.39, 0.29) is 18.5 Å². The lowest BCUT2D eigenvalue weighted by Crippen LogP contribution is -2.45. The van der Waals surface area contributed by atoms with Crippen molar-refractivity contribution in [2.24, 2.45) is 0 Å². The average Bonchev–Trinajstić information content (AvgIpc) is 3.47. The van der Waals surface area contributed by atoms with Crippen LogP contribution in [0.1, 0.15) is 393 Å². The Morgan fingerprint density at radius 1 is 0.346 bits per heavy atom. The molecule has 0 aliphatic heterocycles. The molecule has 2 atom stereocenters. The molecule has 0 saturated heterocycles. The minimum Gasteiger partial charge on any atom is -0.466 e. The molecule has 0 rings (SSSR count). The third-order valence-corrected chi connectivity index (χ3v) is 16.8. The molecule has 2 unspecified atom stereocenters. The highest BCUT2D eigenvalue weighted by Gasteiger charge is 2.18. The molecule has 0 saturated carbocycles. The van der Waals surface area contributed by atoms with E-state index in [1.807, 2.05) is 6.08 Å². The van der Waals surface area contributed by atoms with E-state index in [0.717, 1.165) is 51.4 Å². The molecule has 6 nitrogen and oxygen atoms in total. The molecule has 81 heavy (non-hydrogen) atoms. The summed E-state index contributed by atoms with van der Waals surface area (Å²) in [5.74, 6) is -0.0610. The zero-order chi connectivity index (χ0) is 58.5. The monoisotopic (exact) mass is 1140 g/mol. The molecular formula is C75H141NO5. The second-order valence-corrected chi connectivity index (χ2v) is 24.9. The van der Waals surface area contributed by atoms with Crippen molar-refractivity contribution in [2.45, 2.75) is 405 Å². The van der Waals surface area contributed by atoms with Gasteiger partial charge in [-0.15, -0.1) is 0 Å². The Morgan fingerprint density at radius 2 is 0.630 bits per heavy atom. The smallest absolute Gasteiger partial charge is 0.305 e. The number of aliphatic hydroxyl groups is 2. The predicted molar refractivity (Wildman–Crippen MR) is 356 cm³/mol. The molecule has 476 valence electrons. The molecule has 0 aromatic heterocycles. The van der Waals surface area contributed by atoms with Gasteiger partial charge in [-0.05, 0) is 83.5 Å². The molecule has 1 amide bonds. The number of carbonyl (C=O) groups excluding carboxylic acids is 2. The molecule has 0 aromatic rings. The largest absolute Gasteiger partial charge is 0.466 e. The van der Waals surface area contributed by atoms with Crippen molar-refractivity contribution in [2.75, 3.05) is 13.2 Å². The van der Waals surface area contributed by atoms with Crippen LogP contribution in [0.4, 0.5) is 0 Å². The number of rotatable bonds is 68. The zero-order valence-corrected chi connectivity index (χ0v) is 54.5. The summed E-state index contributed by atoms with van der Waals surface area (Å²) < 4.78 is 5.48. The maximum absolute atomic E-state index is 12.5. The van der Waals surface area contributed by atoms with E-state index in [9.17, 15) is 19.8 Å². The molecule has 3 N–H and O–H groups in total. The Labute approximate surface area is 506 Å². The highest BCUT2D eigenvalue weighted by molar-refractivity contribution is 5.76. The van der Waals surface area contributed by atoms with Crippen molar-refractivity contribution in [1.82, 2.24) is 5.32 Å². The average molecular weight is 1140 g/mol. The van der Waals surface area contributed by atoms with Crippen LogP contribution in [0.2, 0.25) is 0 Å². The number of allylic oxidation sites excluding steroid dienone is 7. The van der Waals surface area contributed by atoms with Gasteiger partial charge in [-0.2, -0.15) is 0 Å². The predicted octanol–water partition coefficient (Wildman–Crippen LogP) is 23.6. The number of aliphatic hydroxyl groups excluding tert-OH is 2. The fraction of sp³-hybridized carbons (Fsp3) is 0.867. The number of esters is 1. The second kappa shape index (κ2) is 70.3. The van der Waals surface area contributed by atoms with Crippen molar-refractivity contribution >= 4 is 11.9 Å². The van der Waals surface area contributed by atoms with E-state index in [1.54, 1.807) is 6.08 Å². The van der Waals surface area contributed by atoms with Gasteiger partial charge in [0.25, 0.3) is 0 Å². The van der Waals surface area contributed by atoms with Crippen LogP contribution in [0.25, 0.3) is 0 Å². The van der Waals surface area contributed by atoms with Gasteiger partial charge in [0.15, 0.2) is 0 Å². The molecule has 0 heterocycles. The highest BCUT2D eigenvalue weighted by atomic mass is 16.5. The maximum atomic E-state index is 12.5. The van der Waals surface area contributed by atoms with E-state index in [2.05, 4.69) is 55.6 Å². The number of carbonyl (C=O) groups is 2. The molecule has 0 fully saturated rings. The standard InChI is InChI=1S/C75H141NO5/c1-3-5-7-9-11-13-15-17-19-20-21-34-37-40-43-47-51-55-59-63-67-73(78)72(71-77)76-74(79)68-64-60-56-52-48-44-41-38-35-32-30-28-26-24-22-23-25-27-29-31-33-36-39-42-46-50-54-58-62-66-70-81-75(80)69-65-61-57-53-49-45-18-16-14-12-10-8-6-4-2/h10,12,16,18,23,25,63,67,72-73,77-78H,3-9,11,13-15,17,19-22,24,26-62,64-66,68-71H2,1-2H3,(H,76,79)/b12-10-,18-16-,25-23-,67-63+. The summed E-state index contributed by atoms with van der Waals surface area (Å²) in [5, 5.41) is 23.3. The van der Waals surface area contributed by atoms with Gasteiger partial charge in [0.1, 0.15) is 0 Å². The van der Waals surface area contributed by atoms with E-state index in [4.69, 9.17) is 4.74 Å². The number of ether oxygens (including phenoxy) is 1. The minimum absolute atomic E-state index is 0.00228. The molecule has 0 spiro atoms. The first-order valence-corrected chi connectivity index (χ1v) is 36.4. The Bertz CT molecular complexity index is 1360. The van der Waals surface area contributed by atoms with Crippen LogP contribution in [0, 0.1) is 0 Å².